The number of ether oxygens (including phenoxy) is 1. The van der Waals surface area contributed by atoms with Crippen LogP contribution < -0.4 is 0 Å². The zero-order chi connectivity index (χ0) is 14.7. The summed E-state index contributed by atoms with van der Waals surface area (Å²) < 4.78 is 4.97. The normalized spacial score (nSPS) is 16.6. The maximum absolute atomic E-state index is 11.6. The Morgan fingerprint density at radius 3 is 2.85 bits per heavy atom. The SMILES string of the molecule is C/C=C/C=C1\N=C(c2ccc(Cl)c([N+](=O)[O-])c2)OC1=O. The summed E-state index contributed by atoms with van der Waals surface area (Å²) in [6.07, 6.45) is 4.88. The number of cyclic esters (lactones) is 1. The third kappa shape index (κ3) is 2.75. The lowest BCUT2D eigenvalue weighted by Gasteiger charge is -2.00. The third-order valence-electron chi connectivity index (χ3n) is 2.46. The highest BCUT2D eigenvalue weighted by Crippen LogP contribution is 2.27. The van der Waals surface area contributed by atoms with E-state index < -0.39 is 10.9 Å². The molecule has 0 radical (unpaired) electrons. The Morgan fingerprint density at radius 2 is 2.20 bits per heavy atom. The summed E-state index contributed by atoms with van der Waals surface area (Å²) in [5, 5.41) is 10.8. The maximum Gasteiger partial charge on any atom is 0.363 e. The number of carbonyl (C=O) groups is 1. The van der Waals surface area contributed by atoms with Crippen molar-refractivity contribution >= 4 is 29.2 Å². The van der Waals surface area contributed by atoms with Crippen LogP contribution in [0.5, 0.6) is 0 Å². The van der Waals surface area contributed by atoms with E-state index in [0.717, 1.165) is 0 Å². The maximum atomic E-state index is 11.6. The second-order valence-electron chi connectivity index (χ2n) is 3.81. The molecule has 102 valence electrons. The smallest absolute Gasteiger partial charge is 0.363 e. The number of aliphatic imine (C=N–C) groups is 1. The Balaban J connectivity index is 2.41. The molecule has 0 aromatic heterocycles. The lowest BCUT2D eigenvalue weighted by molar-refractivity contribution is -0.384. The fraction of sp³-hybridized carbons (Fsp3) is 0.0769. The van der Waals surface area contributed by atoms with E-state index >= 15 is 0 Å². The topological polar surface area (TPSA) is 81.8 Å². The van der Waals surface area contributed by atoms with E-state index in [1.165, 1.54) is 24.3 Å². The van der Waals surface area contributed by atoms with Gasteiger partial charge in [0.15, 0.2) is 5.70 Å². The molecule has 0 spiro atoms. The van der Waals surface area contributed by atoms with Gasteiger partial charge in [-0.05, 0) is 25.1 Å². The van der Waals surface area contributed by atoms with Crippen molar-refractivity contribution in [3.63, 3.8) is 0 Å². The molecule has 0 saturated carbocycles. The van der Waals surface area contributed by atoms with Crippen molar-refractivity contribution in [3.8, 4) is 0 Å². The summed E-state index contributed by atoms with van der Waals surface area (Å²) in [5.74, 6) is -0.582. The molecule has 0 aliphatic carbocycles. The molecule has 7 heteroatoms. The van der Waals surface area contributed by atoms with Crippen molar-refractivity contribution in [2.24, 2.45) is 4.99 Å². The van der Waals surface area contributed by atoms with Gasteiger partial charge in [0.2, 0.25) is 5.90 Å². The first-order valence-corrected chi connectivity index (χ1v) is 5.99. The second-order valence-corrected chi connectivity index (χ2v) is 4.21. The van der Waals surface area contributed by atoms with Crippen molar-refractivity contribution in [1.29, 1.82) is 0 Å². The van der Waals surface area contributed by atoms with Crippen LogP contribution >= 0.6 is 11.6 Å². The molecule has 1 heterocycles. The molecule has 1 aromatic rings. The van der Waals surface area contributed by atoms with Gasteiger partial charge in [0.1, 0.15) is 5.02 Å². The summed E-state index contributed by atoms with van der Waals surface area (Å²) in [6, 6.07) is 4.08. The van der Waals surface area contributed by atoms with Crippen molar-refractivity contribution in [1.82, 2.24) is 0 Å². The Hall–Kier alpha value is -2.47. The summed E-state index contributed by atoms with van der Waals surface area (Å²) in [4.78, 5) is 25.7. The summed E-state index contributed by atoms with van der Waals surface area (Å²) in [6.45, 7) is 1.80. The molecule has 0 unspecified atom stereocenters. The number of carbonyl (C=O) groups excluding carboxylic acids is 1. The molecule has 0 bridgehead atoms. The van der Waals surface area contributed by atoms with Gasteiger partial charge < -0.3 is 4.74 Å². The van der Waals surface area contributed by atoms with Gasteiger partial charge in [-0.2, -0.15) is 0 Å². The number of nitro benzene ring substituents is 1. The van der Waals surface area contributed by atoms with Crippen LogP contribution in [-0.4, -0.2) is 16.8 Å². The number of hydrogen-bond acceptors (Lipinski definition) is 5. The van der Waals surface area contributed by atoms with Crippen LogP contribution in [0.15, 0.2) is 47.1 Å². The zero-order valence-corrected chi connectivity index (χ0v) is 11.1. The molecular weight excluding hydrogens is 284 g/mol. The highest BCUT2D eigenvalue weighted by molar-refractivity contribution is 6.32. The summed E-state index contributed by atoms with van der Waals surface area (Å²) in [5.41, 5.74) is 0.183. The first-order valence-electron chi connectivity index (χ1n) is 5.61. The minimum absolute atomic E-state index is 0.00774. The second kappa shape index (κ2) is 5.66. The molecule has 0 atom stereocenters. The minimum atomic E-state index is -0.611. The highest BCUT2D eigenvalue weighted by atomic mass is 35.5. The Morgan fingerprint density at radius 1 is 1.45 bits per heavy atom. The first-order chi connectivity index (χ1) is 9.52. The van der Waals surface area contributed by atoms with Crippen molar-refractivity contribution in [2.45, 2.75) is 6.92 Å². The van der Waals surface area contributed by atoms with Crippen LogP contribution in [0.2, 0.25) is 5.02 Å². The number of halogens is 1. The van der Waals surface area contributed by atoms with Crippen LogP contribution in [0.4, 0.5) is 5.69 Å². The van der Waals surface area contributed by atoms with Gasteiger partial charge in [-0.15, -0.1) is 0 Å². The van der Waals surface area contributed by atoms with Gasteiger partial charge in [-0.25, -0.2) is 9.79 Å². The Kier molecular flexibility index (Phi) is 3.95. The van der Waals surface area contributed by atoms with Gasteiger partial charge in [0.25, 0.3) is 5.69 Å². The average Bonchev–Trinajstić information content (AvgIpc) is 2.78. The van der Waals surface area contributed by atoms with E-state index in [2.05, 4.69) is 4.99 Å². The predicted molar refractivity (Wildman–Crippen MR) is 73.6 cm³/mol. The number of benzene rings is 1. The molecule has 0 amide bonds. The van der Waals surface area contributed by atoms with E-state index in [0.29, 0.717) is 5.56 Å². The Labute approximate surface area is 119 Å². The fourth-order valence-corrected chi connectivity index (χ4v) is 1.71. The lowest BCUT2D eigenvalue weighted by atomic mass is 10.2. The van der Waals surface area contributed by atoms with Gasteiger partial charge in [-0.3, -0.25) is 10.1 Å². The molecule has 0 saturated heterocycles. The molecule has 1 aromatic carbocycles. The zero-order valence-electron chi connectivity index (χ0n) is 10.4. The standard InChI is InChI=1S/C13H9ClN2O4/c1-2-3-4-10-13(17)20-12(15-10)8-5-6-9(14)11(7-8)16(18)19/h2-7H,1H3/b3-2+,10-4-. The predicted octanol–water partition coefficient (Wildman–Crippen LogP) is 3.01. The molecule has 6 nitrogen and oxygen atoms in total. The van der Waals surface area contributed by atoms with Crippen LogP contribution in [-0.2, 0) is 9.53 Å². The van der Waals surface area contributed by atoms with Gasteiger partial charge in [0, 0.05) is 11.6 Å². The van der Waals surface area contributed by atoms with Crippen LogP contribution in [0.1, 0.15) is 12.5 Å². The largest absolute Gasteiger partial charge is 0.402 e. The number of allylic oxidation sites excluding steroid dienone is 3. The minimum Gasteiger partial charge on any atom is -0.402 e. The Bertz CT molecular complexity index is 677. The summed E-state index contributed by atoms with van der Waals surface area (Å²) in [7, 11) is 0. The monoisotopic (exact) mass is 292 g/mol. The number of rotatable bonds is 3. The third-order valence-corrected chi connectivity index (χ3v) is 2.78. The molecule has 2 rings (SSSR count). The van der Waals surface area contributed by atoms with Gasteiger partial charge in [-0.1, -0.05) is 23.8 Å². The van der Waals surface area contributed by atoms with E-state index in [4.69, 9.17) is 16.3 Å². The van der Waals surface area contributed by atoms with E-state index in [1.807, 2.05) is 0 Å². The van der Waals surface area contributed by atoms with Gasteiger partial charge >= 0.3 is 5.97 Å². The first kappa shape index (κ1) is 14.0. The number of esters is 1. The van der Waals surface area contributed by atoms with Crippen molar-refractivity contribution < 1.29 is 14.5 Å². The van der Waals surface area contributed by atoms with Crippen LogP contribution in [0.25, 0.3) is 0 Å². The van der Waals surface area contributed by atoms with Crippen LogP contribution in [0.3, 0.4) is 0 Å². The molecule has 1 aliphatic rings. The molecule has 1 aliphatic heterocycles. The fourth-order valence-electron chi connectivity index (χ4n) is 1.52. The van der Waals surface area contributed by atoms with Crippen LogP contribution in [0, 0.1) is 10.1 Å². The molecule has 0 N–H and O–H groups in total. The lowest BCUT2D eigenvalue weighted by Crippen LogP contribution is -2.06. The summed E-state index contributed by atoms with van der Waals surface area (Å²) >= 11 is 5.71. The van der Waals surface area contributed by atoms with Gasteiger partial charge in [0.05, 0.1) is 4.92 Å². The average molecular weight is 293 g/mol. The molecular formula is C13H9ClN2O4. The van der Waals surface area contributed by atoms with Crippen molar-refractivity contribution in [3.05, 3.63) is 62.8 Å². The molecule has 0 fully saturated rings. The molecule has 20 heavy (non-hydrogen) atoms. The van der Waals surface area contributed by atoms with E-state index in [9.17, 15) is 14.9 Å². The van der Waals surface area contributed by atoms with E-state index in [1.54, 1.807) is 19.1 Å². The number of nitrogens with zero attached hydrogens (tertiary/aromatic N) is 2. The number of nitro groups is 1. The quantitative estimate of drug-likeness (QED) is 0.371. The van der Waals surface area contributed by atoms with Crippen molar-refractivity contribution in [2.75, 3.05) is 0 Å². The number of hydrogen-bond donors (Lipinski definition) is 0. The van der Waals surface area contributed by atoms with E-state index in [-0.39, 0.29) is 22.3 Å². The highest BCUT2D eigenvalue weighted by Gasteiger charge is 2.25.